The Morgan fingerprint density at radius 3 is 2.72 bits per heavy atom. The maximum Gasteiger partial charge on any atom is 0.270 e. The highest BCUT2D eigenvalue weighted by atomic mass is 19.1. The van der Waals surface area contributed by atoms with Crippen LogP contribution in [0.2, 0.25) is 0 Å². The molecule has 2 aromatic rings. The van der Waals surface area contributed by atoms with Crippen LogP contribution in [-0.4, -0.2) is 40.9 Å². The smallest absolute Gasteiger partial charge is 0.270 e. The van der Waals surface area contributed by atoms with E-state index in [-0.39, 0.29) is 18.3 Å². The van der Waals surface area contributed by atoms with Gasteiger partial charge >= 0.3 is 0 Å². The molecule has 6 heteroatoms. The molecule has 1 aromatic heterocycles. The minimum atomic E-state index is -0.325. The molecule has 3 rings (SSSR count). The molecule has 1 saturated heterocycles. The van der Waals surface area contributed by atoms with Crippen LogP contribution in [0.3, 0.4) is 0 Å². The molecule has 1 aliphatic heterocycles. The molecule has 0 atom stereocenters. The van der Waals surface area contributed by atoms with Gasteiger partial charge in [-0.05, 0) is 52.0 Å². The normalized spacial score (nSPS) is 16.0. The minimum Gasteiger partial charge on any atom is -0.347 e. The monoisotopic (exact) mass is 342 g/mol. The lowest BCUT2D eigenvalue weighted by molar-refractivity contribution is 0.0945. The van der Waals surface area contributed by atoms with Crippen LogP contribution in [0, 0.1) is 12.7 Å². The number of likely N-dealkylation sites (tertiary alicyclic amines) is 1. The number of rotatable bonds is 4. The molecule has 1 aromatic carbocycles. The third-order valence-electron chi connectivity index (χ3n) is 4.62. The summed E-state index contributed by atoms with van der Waals surface area (Å²) < 4.78 is 13.7. The quantitative estimate of drug-likeness (QED) is 0.928. The average molecular weight is 342 g/mol. The summed E-state index contributed by atoms with van der Waals surface area (Å²) in [6.45, 7) is 4.00. The molecule has 0 saturated carbocycles. The number of benzene rings is 1. The summed E-state index contributed by atoms with van der Waals surface area (Å²) in [5, 5.41) is 2.74. The number of carbonyl (C=O) groups is 1. The predicted molar refractivity (Wildman–Crippen MR) is 93.8 cm³/mol. The van der Waals surface area contributed by atoms with Crippen molar-refractivity contribution in [1.29, 1.82) is 0 Å². The summed E-state index contributed by atoms with van der Waals surface area (Å²) in [5.41, 5.74) is 1.73. The topological polar surface area (TPSA) is 58.1 Å². The molecule has 0 unspecified atom stereocenters. The second-order valence-electron chi connectivity index (χ2n) is 6.58. The Kier molecular flexibility index (Phi) is 5.38. The van der Waals surface area contributed by atoms with E-state index in [0.29, 0.717) is 23.0 Å². The van der Waals surface area contributed by atoms with Crippen LogP contribution in [-0.2, 0) is 6.54 Å². The van der Waals surface area contributed by atoms with E-state index >= 15 is 0 Å². The van der Waals surface area contributed by atoms with Crippen molar-refractivity contribution in [2.75, 3.05) is 20.1 Å². The number of hydrogen-bond donors (Lipinski definition) is 1. The van der Waals surface area contributed by atoms with Crippen molar-refractivity contribution in [3.05, 3.63) is 58.9 Å². The van der Waals surface area contributed by atoms with Gasteiger partial charge < -0.3 is 10.2 Å². The molecular formula is C19H23FN4O. The largest absolute Gasteiger partial charge is 0.347 e. The number of halogens is 1. The van der Waals surface area contributed by atoms with Crippen molar-refractivity contribution >= 4 is 5.91 Å². The molecule has 132 valence electrons. The van der Waals surface area contributed by atoms with Crippen molar-refractivity contribution in [3.8, 4) is 0 Å². The van der Waals surface area contributed by atoms with Gasteiger partial charge in [-0.15, -0.1) is 0 Å². The maximum absolute atomic E-state index is 13.7. The zero-order chi connectivity index (χ0) is 17.8. The second-order valence-corrected chi connectivity index (χ2v) is 6.58. The highest BCUT2D eigenvalue weighted by Gasteiger charge is 2.21. The zero-order valence-electron chi connectivity index (χ0n) is 14.6. The second kappa shape index (κ2) is 7.70. The van der Waals surface area contributed by atoms with Gasteiger partial charge in [0.05, 0.1) is 0 Å². The first-order valence-corrected chi connectivity index (χ1v) is 8.58. The number of piperidine rings is 1. The van der Waals surface area contributed by atoms with Crippen molar-refractivity contribution in [2.24, 2.45) is 0 Å². The molecule has 0 aliphatic carbocycles. The Balaban J connectivity index is 1.71. The van der Waals surface area contributed by atoms with Gasteiger partial charge in [-0.1, -0.05) is 18.2 Å². The molecule has 0 radical (unpaired) electrons. The van der Waals surface area contributed by atoms with Crippen LogP contribution in [0.25, 0.3) is 0 Å². The van der Waals surface area contributed by atoms with Crippen molar-refractivity contribution in [2.45, 2.75) is 32.2 Å². The molecule has 2 heterocycles. The van der Waals surface area contributed by atoms with Gasteiger partial charge in [-0.2, -0.15) is 0 Å². The van der Waals surface area contributed by atoms with Gasteiger partial charge in [0.2, 0.25) is 0 Å². The average Bonchev–Trinajstić information content (AvgIpc) is 2.61. The Hall–Kier alpha value is -2.34. The molecule has 25 heavy (non-hydrogen) atoms. The molecule has 1 fully saturated rings. The molecule has 5 nitrogen and oxygen atoms in total. The van der Waals surface area contributed by atoms with E-state index in [9.17, 15) is 9.18 Å². The summed E-state index contributed by atoms with van der Waals surface area (Å²) >= 11 is 0. The van der Waals surface area contributed by atoms with Gasteiger partial charge in [0.25, 0.3) is 5.91 Å². The summed E-state index contributed by atoms with van der Waals surface area (Å²) in [5.74, 6) is 0.320. The van der Waals surface area contributed by atoms with E-state index < -0.39 is 0 Å². The van der Waals surface area contributed by atoms with E-state index in [2.05, 4.69) is 27.2 Å². The van der Waals surface area contributed by atoms with Crippen LogP contribution in [0.5, 0.6) is 0 Å². The van der Waals surface area contributed by atoms with Crippen LogP contribution in [0.1, 0.15) is 46.3 Å². The van der Waals surface area contributed by atoms with Crippen LogP contribution >= 0.6 is 0 Å². The van der Waals surface area contributed by atoms with Gasteiger partial charge in [0, 0.05) is 23.7 Å². The fourth-order valence-corrected chi connectivity index (χ4v) is 3.13. The number of amides is 1. The summed E-state index contributed by atoms with van der Waals surface area (Å²) in [6, 6.07) is 8.19. The number of aryl methyl sites for hydroxylation is 1. The van der Waals surface area contributed by atoms with Gasteiger partial charge in [0.15, 0.2) is 0 Å². The van der Waals surface area contributed by atoms with Crippen molar-refractivity contribution < 1.29 is 9.18 Å². The van der Waals surface area contributed by atoms with Crippen LogP contribution in [0.4, 0.5) is 4.39 Å². The van der Waals surface area contributed by atoms with Gasteiger partial charge in [-0.3, -0.25) is 4.79 Å². The molecule has 0 spiro atoms. The van der Waals surface area contributed by atoms with E-state index in [1.807, 2.05) is 0 Å². The standard InChI is InChI=1S/C19H23FN4O/c1-13-22-17(14-7-9-24(2)10-8-14)11-18(23-13)19(25)21-12-15-5-3-4-6-16(15)20/h3-6,11,14H,7-10,12H2,1-2H3,(H,21,25). The summed E-state index contributed by atoms with van der Waals surface area (Å²) in [4.78, 5) is 23.5. The van der Waals surface area contributed by atoms with Crippen LogP contribution in [0.15, 0.2) is 30.3 Å². The minimum absolute atomic E-state index is 0.137. The number of carbonyl (C=O) groups excluding carboxylic acids is 1. The molecule has 0 bridgehead atoms. The molecular weight excluding hydrogens is 319 g/mol. The molecule has 1 aliphatic rings. The van der Waals surface area contributed by atoms with Crippen LogP contribution < -0.4 is 5.32 Å². The fourth-order valence-electron chi connectivity index (χ4n) is 3.13. The molecule has 1 amide bonds. The lowest BCUT2D eigenvalue weighted by Gasteiger charge is -2.28. The maximum atomic E-state index is 13.7. The number of aromatic nitrogens is 2. The van der Waals surface area contributed by atoms with E-state index in [1.165, 1.54) is 6.07 Å². The SMILES string of the molecule is Cc1nc(C(=O)NCc2ccccc2F)cc(C2CCN(C)CC2)n1. The molecule has 1 N–H and O–H groups in total. The predicted octanol–water partition coefficient (Wildman–Crippen LogP) is 2.66. The van der Waals surface area contributed by atoms with E-state index in [1.54, 1.807) is 31.2 Å². The van der Waals surface area contributed by atoms with Crippen molar-refractivity contribution in [3.63, 3.8) is 0 Å². The van der Waals surface area contributed by atoms with E-state index in [0.717, 1.165) is 31.6 Å². The lowest BCUT2D eigenvalue weighted by atomic mass is 9.93. The first kappa shape index (κ1) is 17.5. The number of nitrogens with one attached hydrogen (secondary N) is 1. The lowest BCUT2D eigenvalue weighted by Crippen LogP contribution is -2.30. The Bertz CT molecular complexity index is 757. The highest BCUT2D eigenvalue weighted by Crippen LogP contribution is 2.26. The number of hydrogen-bond acceptors (Lipinski definition) is 4. The van der Waals surface area contributed by atoms with Crippen molar-refractivity contribution in [1.82, 2.24) is 20.2 Å². The third kappa shape index (κ3) is 4.39. The Labute approximate surface area is 147 Å². The number of nitrogens with zero attached hydrogens (tertiary/aromatic N) is 3. The fraction of sp³-hybridized carbons (Fsp3) is 0.421. The third-order valence-corrected chi connectivity index (χ3v) is 4.62. The highest BCUT2D eigenvalue weighted by molar-refractivity contribution is 5.92. The van der Waals surface area contributed by atoms with E-state index in [4.69, 9.17) is 0 Å². The first-order valence-electron chi connectivity index (χ1n) is 8.58. The Morgan fingerprint density at radius 1 is 1.28 bits per heavy atom. The van der Waals surface area contributed by atoms with Gasteiger partial charge in [0.1, 0.15) is 17.3 Å². The zero-order valence-corrected chi connectivity index (χ0v) is 14.6. The van der Waals surface area contributed by atoms with Gasteiger partial charge in [-0.25, -0.2) is 14.4 Å². The Morgan fingerprint density at radius 2 is 2.00 bits per heavy atom. The summed E-state index contributed by atoms with van der Waals surface area (Å²) in [7, 11) is 2.11. The first-order chi connectivity index (χ1) is 12.0. The summed E-state index contributed by atoms with van der Waals surface area (Å²) in [6.07, 6.45) is 2.06.